The number of nitrogens with one attached hydrogen (secondary N) is 2. The number of carboxylic acid groups (broad SMARTS) is 2. The minimum absolute atomic E-state index is 0.116. The van der Waals surface area contributed by atoms with E-state index >= 15 is 0 Å². The highest BCUT2D eigenvalue weighted by Crippen LogP contribution is 2.20. The summed E-state index contributed by atoms with van der Waals surface area (Å²) in [7, 11) is 0. The van der Waals surface area contributed by atoms with Crippen LogP contribution in [-0.4, -0.2) is 60.9 Å². The summed E-state index contributed by atoms with van der Waals surface area (Å²) in [5.41, 5.74) is 1.90. The van der Waals surface area contributed by atoms with E-state index in [2.05, 4.69) is 26.2 Å². The first-order valence-corrected chi connectivity index (χ1v) is 10.00. The maximum absolute atomic E-state index is 12.5. The van der Waals surface area contributed by atoms with Gasteiger partial charge in [-0.1, -0.05) is 11.6 Å². The van der Waals surface area contributed by atoms with Gasteiger partial charge in [0.05, 0.1) is 23.7 Å². The fourth-order valence-corrected chi connectivity index (χ4v) is 3.09. The summed E-state index contributed by atoms with van der Waals surface area (Å²) in [6.45, 7) is 0.116. The number of carbonyl (C=O) groups is 3. The maximum Gasteiger partial charge on any atom is 0.335 e. The van der Waals surface area contributed by atoms with E-state index in [-0.39, 0.29) is 18.5 Å². The third-order valence-electron chi connectivity index (χ3n) is 4.45. The summed E-state index contributed by atoms with van der Waals surface area (Å²) >= 11 is 6.06. The molecular formula is C21H19ClN6O5. The second-order valence-electron chi connectivity index (χ2n) is 6.86. The van der Waals surface area contributed by atoms with Crippen LogP contribution in [0.3, 0.4) is 0 Å². The van der Waals surface area contributed by atoms with Crippen LogP contribution in [0.4, 0.5) is 5.69 Å². The highest BCUT2D eigenvalue weighted by Gasteiger charge is 2.15. The van der Waals surface area contributed by atoms with Crippen LogP contribution in [0.2, 0.25) is 5.02 Å². The largest absolute Gasteiger partial charge is 0.481 e. The van der Waals surface area contributed by atoms with E-state index in [1.807, 2.05) is 0 Å². The standard InChI is InChI=1S/C21H19ClN6O5/c22-15-4-7-18(28-12-24-26-27-28)14(9-15)3-8-19(29)25-17(10-20(30)31)11-23-16-5-1-13(2-6-16)21(32)33/h1-9,12,17,23H,10-11H2,(H,25,29)(H,30,31)(H,32,33)/b8-3+/t17-/m0/s1. The number of benzene rings is 2. The first-order chi connectivity index (χ1) is 15.8. The van der Waals surface area contributed by atoms with Crippen molar-refractivity contribution < 1.29 is 24.6 Å². The molecule has 1 aromatic heterocycles. The molecule has 4 N–H and O–H groups in total. The van der Waals surface area contributed by atoms with Crippen molar-refractivity contribution in [1.29, 1.82) is 0 Å². The van der Waals surface area contributed by atoms with Crippen LogP contribution in [-0.2, 0) is 9.59 Å². The Balaban J connectivity index is 1.67. The van der Waals surface area contributed by atoms with Crippen LogP contribution < -0.4 is 10.6 Å². The number of aromatic carboxylic acids is 1. The molecule has 1 amide bonds. The van der Waals surface area contributed by atoms with Gasteiger partial charge in [0.25, 0.3) is 0 Å². The van der Waals surface area contributed by atoms with Gasteiger partial charge in [-0.25, -0.2) is 4.79 Å². The summed E-state index contributed by atoms with van der Waals surface area (Å²) in [5.74, 6) is -2.64. The molecule has 0 spiro atoms. The monoisotopic (exact) mass is 470 g/mol. The minimum Gasteiger partial charge on any atom is -0.481 e. The van der Waals surface area contributed by atoms with Gasteiger partial charge in [0.2, 0.25) is 5.91 Å². The van der Waals surface area contributed by atoms with E-state index in [1.54, 1.807) is 30.3 Å². The van der Waals surface area contributed by atoms with E-state index in [0.717, 1.165) is 0 Å². The number of halogens is 1. The predicted octanol–water partition coefficient (Wildman–Crippen LogP) is 2.10. The topological polar surface area (TPSA) is 159 Å². The lowest BCUT2D eigenvalue weighted by Gasteiger charge is -2.17. The van der Waals surface area contributed by atoms with Crippen LogP contribution >= 0.6 is 11.6 Å². The fourth-order valence-electron chi connectivity index (χ4n) is 2.91. The molecule has 0 aliphatic rings. The molecule has 0 aliphatic carbocycles. The Morgan fingerprint density at radius 1 is 1.12 bits per heavy atom. The molecule has 0 fully saturated rings. The van der Waals surface area contributed by atoms with Gasteiger partial charge < -0.3 is 20.8 Å². The average molecular weight is 471 g/mol. The number of tetrazole rings is 1. The lowest BCUT2D eigenvalue weighted by molar-refractivity contribution is -0.137. The Morgan fingerprint density at radius 3 is 2.52 bits per heavy atom. The van der Waals surface area contributed by atoms with Gasteiger partial charge in [-0.05, 0) is 59.0 Å². The minimum atomic E-state index is -1.08. The molecule has 170 valence electrons. The Hall–Kier alpha value is -4.25. The molecule has 1 atom stereocenters. The lowest BCUT2D eigenvalue weighted by atomic mass is 10.1. The molecule has 0 saturated heterocycles. The van der Waals surface area contributed by atoms with Crippen molar-refractivity contribution >= 4 is 41.2 Å². The predicted molar refractivity (Wildman–Crippen MR) is 119 cm³/mol. The third kappa shape index (κ3) is 6.87. The van der Waals surface area contributed by atoms with Gasteiger partial charge in [-0.2, -0.15) is 4.68 Å². The van der Waals surface area contributed by atoms with Crippen LogP contribution in [0.15, 0.2) is 54.9 Å². The Kier molecular flexibility index (Phi) is 7.71. The summed E-state index contributed by atoms with van der Waals surface area (Å²) in [4.78, 5) is 34.6. The Morgan fingerprint density at radius 2 is 1.88 bits per heavy atom. The zero-order valence-corrected chi connectivity index (χ0v) is 17.8. The van der Waals surface area contributed by atoms with Crippen molar-refractivity contribution in [2.75, 3.05) is 11.9 Å². The van der Waals surface area contributed by atoms with E-state index in [4.69, 9.17) is 16.7 Å². The van der Waals surface area contributed by atoms with E-state index in [1.165, 1.54) is 35.3 Å². The molecule has 12 heteroatoms. The molecule has 0 radical (unpaired) electrons. The number of rotatable bonds is 10. The highest BCUT2D eigenvalue weighted by molar-refractivity contribution is 6.30. The quantitative estimate of drug-likeness (QED) is 0.325. The summed E-state index contributed by atoms with van der Waals surface area (Å²) in [5, 5.41) is 35.2. The van der Waals surface area contributed by atoms with Crippen molar-refractivity contribution in [2.24, 2.45) is 0 Å². The molecule has 0 saturated carbocycles. The number of anilines is 1. The van der Waals surface area contributed by atoms with Gasteiger partial charge in [0, 0.05) is 28.9 Å². The van der Waals surface area contributed by atoms with Gasteiger partial charge >= 0.3 is 11.9 Å². The van der Waals surface area contributed by atoms with E-state index in [9.17, 15) is 19.5 Å². The van der Waals surface area contributed by atoms with Gasteiger partial charge in [0.1, 0.15) is 6.33 Å². The van der Waals surface area contributed by atoms with Gasteiger partial charge in [-0.3, -0.25) is 9.59 Å². The van der Waals surface area contributed by atoms with Crippen LogP contribution in [0.5, 0.6) is 0 Å². The number of amides is 1. The van der Waals surface area contributed by atoms with Gasteiger partial charge in [0.15, 0.2) is 0 Å². The number of hydrogen-bond donors (Lipinski definition) is 4. The molecule has 2 aromatic carbocycles. The summed E-state index contributed by atoms with van der Waals surface area (Å²) < 4.78 is 1.42. The van der Waals surface area contributed by atoms with Gasteiger partial charge in [-0.15, -0.1) is 5.10 Å². The second kappa shape index (κ2) is 10.9. The third-order valence-corrected chi connectivity index (χ3v) is 4.69. The van der Waals surface area contributed by atoms with Crippen molar-refractivity contribution in [3.05, 3.63) is 71.0 Å². The normalized spacial score (nSPS) is 11.8. The number of aromatic nitrogens is 4. The maximum atomic E-state index is 12.5. The summed E-state index contributed by atoms with van der Waals surface area (Å²) in [6.07, 6.45) is 3.87. The number of carboxylic acids is 2. The molecule has 0 bridgehead atoms. The van der Waals surface area contributed by atoms with E-state index < -0.39 is 23.9 Å². The number of carbonyl (C=O) groups excluding carboxylic acids is 1. The summed E-state index contributed by atoms with van der Waals surface area (Å²) in [6, 6.07) is 10.2. The smallest absolute Gasteiger partial charge is 0.335 e. The molecular weight excluding hydrogens is 452 g/mol. The second-order valence-corrected chi connectivity index (χ2v) is 7.29. The van der Waals surface area contributed by atoms with Crippen molar-refractivity contribution in [1.82, 2.24) is 25.5 Å². The van der Waals surface area contributed by atoms with Crippen LogP contribution in [0.25, 0.3) is 11.8 Å². The molecule has 3 aromatic rings. The molecule has 0 aliphatic heterocycles. The molecule has 1 heterocycles. The van der Waals surface area contributed by atoms with Crippen molar-refractivity contribution in [3.63, 3.8) is 0 Å². The Labute approximate surface area is 192 Å². The molecule has 33 heavy (non-hydrogen) atoms. The zero-order chi connectivity index (χ0) is 23.8. The lowest BCUT2D eigenvalue weighted by Crippen LogP contribution is -2.40. The van der Waals surface area contributed by atoms with E-state index in [0.29, 0.717) is 22.0 Å². The SMILES string of the molecule is O=C(O)C[C@@H](CNc1ccc(C(=O)O)cc1)NC(=O)/C=C/c1cc(Cl)ccc1-n1cnnn1. The Bertz CT molecular complexity index is 1160. The van der Waals surface area contributed by atoms with Crippen LogP contribution in [0.1, 0.15) is 22.3 Å². The number of aliphatic carboxylic acids is 1. The molecule has 11 nitrogen and oxygen atoms in total. The molecule has 0 unspecified atom stereocenters. The first kappa shape index (κ1) is 23.4. The molecule has 3 rings (SSSR count). The highest BCUT2D eigenvalue weighted by atomic mass is 35.5. The average Bonchev–Trinajstić information content (AvgIpc) is 3.30. The van der Waals surface area contributed by atoms with Crippen molar-refractivity contribution in [3.8, 4) is 5.69 Å². The van der Waals surface area contributed by atoms with Crippen LogP contribution in [0, 0.1) is 0 Å². The van der Waals surface area contributed by atoms with Crippen molar-refractivity contribution in [2.45, 2.75) is 12.5 Å². The fraction of sp³-hybridized carbons (Fsp3) is 0.143. The number of hydrogen-bond acceptors (Lipinski definition) is 7. The first-order valence-electron chi connectivity index (χ1n) is 9.62. The number of nitrogens with zero attached hydrogens (tertiary/aromatic N) is 4. The zero-order valence-electron chi connectivity index (χ0n) is 17.1.